The van der Waals surface area contributed by atoms with Crippen molar-refractivity contribution in [2.75, 3.05) is 13.1 Å². The van der Waals surface area contributed by atoms with E-state index in [9.17, 15) is 36.3 Å². The molecular formula is C24H32F3N3O5S. The monoisotopic (exact) mass is 531 g/mol. The number of halogens is 3. The third kappa shape index (κ3) is 4.93. The molecule has 3 aliphatic rings. The fourth-order valence-electron chi connectivity index (χ4n) is 6.05. The molecular weight excluding hydrogens is 499 g/mol. The Morgan fingerprint density at radius 3 is 2.36 bits per heavy atom. The highest BCUT2D eigenvalue weighted by Crippen LogP contribution is 2.42. The quantitative estimate of drug-likeness (QED) is 0.615. The third-order valence-electron chi connectivity index (χ3n) is 7.86. The molecule has 2 saturated heterocycles. The summed E-state index contributed by atoms with van der Waals surface area (Å²) in [4.78, 5) is 26.0. The lowest BCUT2D eigenvalue weighted by atomic mass is 9.85. The van der Waals surface area contributed by atoms with E-state index in [1.165, 1.54) is 9.21 Å². The van der Waals surface area contributed by atoms with Crippen molar-refractivity contribution in [1.29, 1.82) is 0 Å². The van der Waals surface area contributed by atoms with E-state index in [1.54, 1.807) is 0 Å². The molecule has 1 aliphatic carbocycles. The third-order valence-corrected chi connectivity index (χ3v) is 9.69. The molecule has 0 radical (unpaired) electrons. The molecule has 0 spiro atoms. The number of hydrogen-bond donors (Lipinski definition) is 2. The number of amides is 2. The summed E-state index contributed by atoms with van der Waals surface area (Å²) in [5.41, 5.74) is -1.35. The molecule has 0 bridgehead atoms. The van der Waals surface area contributed by atoms with Crippen LogP contribution >= 0.6 is 0 Å². The number of carbonyl (C=O) groups is 2. The maximum Gasteiger partial charge on any atom is 0.416 e. The molecule has 1 aromatic rings. The second-order valence-electron chi connectivity index (χ2n) is 11.1. The fraction of sp³-hybridized carbons (Fsp3) is 0.667. The Hall–Kier alpha value is -2.34. The zero-order valence-electron chi connectivity index (χ0n) is 20.5. The minimum absolute atomic E-state index is 0.0302. The van der Waals surface area contributed by atoms with E-state index in [1.807, 2.05) is 20.8 Å². The number of sulfonamides is 1. The maximum atomic E-state index is 13.2. The molecule has 4 rings (SSSR count). The topological polar surface area (TPSA) is 107 Å². The van der Waals surface area contributed by atoms with Crippen molar-refractivity contribution in [3.8, 4) is 0 Å². The Balaban J connectivity index is 1.46. The van der Waals surface area contributed by atoms with E-state index >= 15 is 0 Å². The van der Waals surface area contributed by atoms with E-state index in [0.717, 1.165) is 18.2 Å². The predicted octanol–water partition coefficient (Wildman–Crippen LogP) is 3.78. The van der Waals surface area contributed by atoms with Crippen molar-refractivity contribution in [2.45, 2.75) is 75.7 Å². The van der Waals surface area contributed by atoms with Crippen molar-refractivity contribution in [3.05, 3.63) is 29.8 Å². The van der Waals surface area contributed by atoms with Gasteiger partial charge in [-0.05, 0) is 61.1 Å². The number of alkyl halides is 3. The van der Waals surface area contributed by atoms with E-state index in [4.69, 9.17) is 0 Å². The molecule has 5 atom stereocenters. The van der Waals surface area contributed by atoms with Crippen LogP contribution in [0.15, 0.2) is 29.2 Å². The number of fused-ring (bicyclic) bond motifs is 1. The highest BCUT2D eigenvalue weighted by Gasteiger charge is 2.50. The normalized spacial score (nSPS) is 29.4. The van der Waals surface area contributed by atoms with E-state index in [2.05, 4.69) is 5.32 Å². The average Bonchev–Trinajstić information content (AvgIpc) is 3.48. The molecule has 4 unspecified atom stereocenters. The average molecular weight is 532 g/mol. The van der Waals surface area contributed by atoms with E-state index in [-0.39, 0.29) is 48.3 Å². The summed E-state index contributed by atoms with van der Waals surface area (Å²) in [5.74, 6) is -0.598. The van der Waals surface area contributed by atoms with Crippen molar-refractivity contribution < 1.29 is 36.3 Å². The number of carbonyl (C=O) groups excluding carboxylic acids is 1. The van der Waals surface area contributed by atoms with Crippen LogP contribution in [0, 0.1) is 17.3 Å². The number of benzene rings is 1. The minimum Gasteiger partial charge on any atom is -0.465 e. The molecule has 1 aromatic carbocycles. The van der Waals surface area contributed by atoms with Gasteiger partial charge in [0.2, 0.25) is 15.9 Å². The number of carboxylic acid groups (broad SMARTS) is 1. The standard InChI is InChI=1S/C24H32F3N3O5S/c1-23(2,3)20-10-9-19(30(20)22(32)33)21(31)28-18-8-7-14-12-29(13-17(14)18)36(34,35)16-6-4-5-15(11-16)24(25,26)27/h4-6,11,14,17-20H,7-10,12-13H2,1-3H3,(H,28,31)(H,32,33)/t14?,17-,18?,19?,20?/m0/s1. The largest absolute Gasteiger partial charge is 0.465 e. The minimum atomic E-state index is -4.65. The summed E-state index contributed by atoms with van der Waals surface area (Å²) in [6.45, 7) is 6.08. The Morgan fingerprint density at radius 2 is 1.75 bits per heavy atom. The van der Waals surface area contributed by atoms with Gasteiger partial charge >= 0.3 is 12.3 Å². The van der Waals surface area contributed by atoms with E-state index in [0.29, 0.717) is 31.7 Å². The van der Waals surface area contributed by atoms with Gasteiger partial charge in [-0.2, -0.15) is 17.5 Å². The van der Waals surface area contributed by atoms with E-state index < -0.39 is 38.8 Å². The van der Waals surface area contributed by atoms with Crippen molar-refractivity contribution in [1.82, 2.24) is 14.5 Å². The summed E-state index contributed by atoms with van der Waals surface area (Å²) >= 11 is 0. The van der Waals surface area contributed by atoms with Gasteiger partial charge in [0.1, 0.15) is 6.04 Å². The van der Waals surface area contributed by atoms with Gasteiger partial charge in [0.05, 0.1) is 10.5 Å². The van der Waals surface area contributed by atoms with Gasteiger partial charge in [-0.15, -0.1) is 0 Å². The summed E-state index contributed by atoms with van der Waals surface area (Å²) < 4.78 is 66.8. The molecule has 12 heteroatoms. The Labute approximate surface area is 208 Å². The number of nitrogens with one attached hydrogen (secondary N) is 1. The molecule has 2 N–H and O–H groups in total. The van der Waals surface area contributed by atoms with Crippen LogP contribution < -0.4 is 5.32 Å². The smallest absolute Gasteiger partial charge is 0.416 e. The molecule has 3 fully saturated rings. The number of hydrogen-bond acceptors (Lipinski definition) is 4. The van der Waals surface area contributed by atoms with Crippen LogP contribution in [0.1, 0.15) is 52.0 Å². The molecule has 8 nitrogen and oxygen atoms in total. The second kappa shape index (κ2) is 9.20. The van der Waals surface area contributed by atoms with Crippen LogP contribution in [-0.2, 0) is 21.0 Å². The predicted molar refractivity (Wildman–Crippen MR) is 124 cm³/mol. The van der Waals surface area contributed by atoms with Gasteiger partial charge < -0.3 is 10.4 Å². The first-order valence-electron chi connectivity index (χ1n) is 12.1. The lowest BCUT2D eigenvalue weighted by Crippen LogP contribution is -2.53. The van der Waals surface area contributed by atoms with Crippen LogP contribution in [-0.4, -0.2) is 65.9 Å². The Bertz CT molecular complexity index is 1130. The van der Waals surface area contributed by atoms with Crippen molar-refractivity contribution >= 4 is 22.0 Å². The molecule has 2 aliphatic heterocycles. The van der Waals surface area contributed by atoms with Crippen LogP contribution in [0.25, 0.3) is 0 Å². The highest BCUT2D eigenvalue weighted by atomic mass is 32.2. The Morgan fingerprint density at radius 1 is 1.06 bits per heavy atom. The maximum absolute atomic E-state index is 13.2. The zero-order chi connectivity index (χ0) is 26.6. The fourth-order valence-corrected chi connectivity index (χ4v) is 7.63. The number of nitrogens with zero attached hydrogens (tertiary/aromatic N) is 2. The molecule has 200 valence electrons. The summed E-state index contributed by atoms with van der Waals surface area (Å²) in [6.07, 6.45) is -3.50. The van der Waals surface area contributed by atoms with Gasteiger partial charge in [-0.3, -0.25) is 9.69 Å². The number of likely N-dealkylation sites (tertiary alicyclic amines) is 1. The summed E-state index contributed by atoms with van der Waals surface area (Å²) in [7, 11) is -4.14. The van der Waals surface area contributed by atoms with Gasteiger partial charge in [0.25, 0.3) is 0 Å². The number of rotatable bonds is 4. The first-order chi connectivity index (χ1) is 16.6. The molecule has 2 heterocycles. The molecule has 0 aromatic heterocycles. The molecule has 1 saturated carbocycles. The van der Waals surface area contributed by atoms with Crippen LogP contribution in [0.4, 0.5) is 18.0 Å². The van der Waals surface area contributed by atoms with Crippen LogP contribution in [0.3, 0.4) is 0 Å². The lowest BCUT2D eigenvalue weighted by molar-refractivity contribution is -0.137. The summed E-state index contributed by atoms with van der Waals surface area (Å²) in [6, 6.07) is 2.29. The Kier molecular flexibility index (Phi) is 6.83. The van der Waals surface area contributed by atoms with Crippen LogP contribution in [0.5, 0.6) is 0 Å². The van der Waals surface area contributed by atoms with Crippen LogP contribution in [0.2, 0.25) is 0 Å². The van der Waals surface area contributed by atoms with Gasteiger partial charge in [-0.1, -0.05) is 26.8 Å². The van der Waals surface area contributed by atoms with Gasteiger partial charge in [-0.25, -0.2) is 13.2 Å². The highest BCUT2D eigenvalue weighted by molar-refractivity contribution is 7.89. The first kappa shape index (κ1) is 26.7. The van der Waals surface area contributed by atoms with Gasteiger partial charge in [0, 0.05) is 25.2 Å². The SMILES string of the molecule is CC(C)(C)C1CCC(C(=O)NC2CCC3CN(S(=O)(=O)c4cccc(C(F)(F)F)c4)C[C@@H]32)N1C(=O)O. The second-order valence-corrected chi connectivity index (χ2v) is 13.1. The van der Waals surface area contributed by atoms with Gasteiger partial charge in [0.15, 0.2) is 0 Å². The van der Waals surface area contributed by atoms with Crippen molar-refractivity contribution in [2.24, 2.45) is 17.3 Å². The molecule has 36 heavy (non-hydrogen) atoms. The lowest BCUT2D eigenvalue weighted by Gasteiger charge is -2.36. The summed E-state index contributed by atoms with van der Waals surface area (Å²) in [5, 5.41) is 12.8. The van der Waals surface area contributed by atoms with Crippen molar-refractivity contribution in [3.63, 3.8) is 0 Å². The zero-order valence-corrected chi connectivity index (χ0v) is 21.3. The first-order valence-corrected chi connectivity index (χ1v) is 13.5. The molecule has 2 amide bonds.